The predicted molar refractivity (Wildman–Crippen MR) is 118 cm³/mol. The minimum absolute atomic E-state index is 0. The molecular formula is C19H31F2IN4O2. The van der Waals surface area contributed by atoms with Crippen LogP contribution in [0.25, 0.3) is 0 Å². The lowest BCUT2D eigenvalue weighted by atomic mass is 10.2. The molecule has 28 heavy (non-hydrogen) atoms. The van der Waals surface area contributed by atoms with Crippen LogP contribution in [0.3, 0.4) is 0 Å². The van der Waals surface area contributed by atoms with Crippen molar-refractivity contribution in [1.29, 1.82) is 0 Å². The number of benzene rings is 1. The summed E-state index contributed by atoms with van der Waals surface area (Å²) in [5.74, 6) is 1.19. The van der Waals surface area contributed by atoms with E-state index in [1.807, 2.05) is 13.0 Å². The summed E-state index contributed by atoms with van der Waals surface area (Å²) in [6, 6.07) is 7.10. The van der Waals surface area contributed by atoms with Gasteiger partial charge in [-0.05, 0) is 37.6 Å². The molecule has 1 fully saturated rings. The van der Waals surface area contributed by atoms with Crippen molar-refractivity contribution in [2.75, 3.05) is 52.5 Å². The van der Waals surface area contributed by atoms with E-state index >= 15 is 0 Å². The van der Waals surface area contributed by atoms with Crippen LogP contribution in [-0.2, 0) is 11.3 Å². The van der Waals surface area contributed by atoms with Gasteiger partial charge in [0.25, 0.3) is 6.43 Å². The van der Waals surface area contributed by atoms with Crippen molar-refractivity contribution in [1.82, 2.24) is 15.5 Å². The number of ether oxygens (including phenoxy) is 2. The maximum absolute atomic E-state index is 12.3. The largest absolute Gasteiger partial charge is 0.488 e. The first kappa shape index (κ1) is 24.8. The Morgan fingerprint density at radius 1 is 1.29 bits per heavy atom. The Balaban J connectivity index is 0.00000392. The van der Waals surface area contributed by atoms with Gasteiger partial charge >= 0.3 is 0 Å². The SMILES string of the molecule is CCNC(=NCc1cccc(OCC(F)F)c1)NCCCN1CCOCC1.I. The first-order valence-electron chi connectivity index (χ1n) is 9.49. The molecule has 1 aliphatic heterocycles. The molecule has 1 aromatic carbocycles. The molecule has 1 aromatic rings. The van der Waals surface area contributed by atoms with E-state index in [9.17, 15) is 8.78 Å². The van der Waals surface area contributed by atoms with E-state index in [-0.39, 0.29) is 24.0 Å². The van der Waals surface area contributed by atoms with Crippen molar-refractivity contribution < 1.29 is 18.3 Å². The average Bonchev–Trinajstić information content (AvgIpc) is 2.69. The van der Waals surface area contributed by atoms with E-state index in [1.165, 1.54) is 0 Å². The number of halogens is 3. The van der Waals surface area contributed by atoms with Crippen molar-refractivity contribution in [3.8, 4) is 5.75 Å². The molecule has 2 rings (SSSR count). The van der Waals surface area contributed by atoms with Crippen LogP contribution in [0.2, 0.25) is 0 Å². The van der Waals surface area contributed by atoms with Crippen molar-refractivity contribution >= 4 is 29.9 Å². The van der Waals surface area contributed by atoms with Crippen LogP contribution in [0.5, 0.6) is 5.75 Å². The highest BCUT2D eigenvalue weighted by Gasteiger charge is 2.09. The summed E-state index contributed by atoms with van der Waals surface area (Å²) < 4.78 is 34.9. The molecule has 1 aliphatic rings. The van der Waals surface area contributed by atoms with Crippen LogP contribution in [0, 0.1) is 0 Å². The molecule has 0 aliphatic carbocycles. The third-order valence-corrected chi connectivity index (χ3v) is 4.09. The second-order valence-corrected chi connectivity index (χ2v) is 6.28. The highest BCUT2D eigenvalue weighted by Crippen LogP contribution is 2.15. The van der Waals surface area contributed by atoms with Crippen LogP contribution in [0.4, 0.5) is 8.78 Å². The monoisotopic (exact) mass is 512 g/mol. The Kier molecular flexibility index (Phi) is 13.1. The second kappa shape index (κ2) is 14.7. The van der Waals surface area contributed by atoms with Crippen LogP contribution >= 0.6 is 24.0 Å². The van der Waals surface area contributed by atoms with E-state index in [2.05, 4.69) is 20.5 Å². The van der Waals surface area contributed by atoms with Gasteiger partial charge in [0.1, 0.15) is 12.4 Å². The molecule has 0 saturated carbocycles. The fraction of sp³-hybridized carbons (Fsp3) is 0.632. The number of nitrogens with zero attached hydrogens (tertiary/aromatic N) is 2. The summed E-state index contributed by atoms with van der Waals surface area (Å²) in [5.41, 5.74) is 0.910. The lowest BCUT2D eigenvalue weighted by molar-refractivity contribution is 0.0376. The smallest absolute Gasteiger partial charge is 0.272 e. The molecule has 0 spiro atoms. The summed E-state index contributed by atoms with van der Waals surface area (Å²) in [5, 5.41) is 6.56. The van der Waals surface area contributed by atoms with Gasteiger partial charge < -0.3 is 20.1 Å². The first-order valence-corrected chi connectivity index (χ1v) is 9.49. The molecule has 0 radical (unpaired) electrons. The fourth-order valence-corrected chi connectivity index (χ4v) is 2.74. The number of guanidine groups is 1. The Hall–Kier alpha value is -1.20. The molecule has 0 bridgehead atoms. The minimum atomic E-state index is -2.48. The van der Waals surface area contributed by atoms with Gasteiger partial charge in [-0.15, -0.1) is 24.0 Å². The van der Waals surface area contributed by atoms with Crippen LogP contribution in [-0.4, -0.2) is 69.8 Å². The maximum Gasteiger partial charge on any atom is 0.272 e. The molecule has 0 unspecified atom stereocenters. The summed E-state index contributed by atoms with van der Waals surface area (Å²) in [4.78, 5) is 6.96. The normalized spacial score (nSPS) is 15.2. The molecule has 0 aromatic heterocycles. The van der Waals surface area contributed by atoms with E-state index < -0.39 is 13.0 Å². The Morgan fingerprint density at radius 2 is 2.07 bits per heavy atom. The van der Waals surface area contributed by atoms with Gasteiger partial charge in [0.2, 0.25) is 0 Å². The van der Waals surface area contributed by atoms with Crippen molar-refractivity contribution in [2.24, 2.45) is 4.99 Å². The van der Waals surface area contributed by atoms with Crippen LogP contribution < -0.4 is 15.4 Å². The molecule has 160 valence electrons. The maximum atomic E-state index is 12.3. The minimum Gasteiger partial charge on any atom is -0.488 e. The van der Waals surface area contributed by atoms with Gasteiger partial charge in [-0.2, -0.15) is 0 Å². The van der Waals surface area contributed by atoms with E-state index in [4.69, 9.17) is 9.47 Å². The Morgan fingerprint density at radius 3 is 2.79 bits per heavy atom. The molecular weight excluding hydrogens is 481 g/mol. The van der Waals surface area contributed by atoms with Gasteiger partial charge in [-0.25, -0.2) is 13.8 Å². The number of morpholine rings is 1. The Bertz CT molecular complexity index is 573. The van der Waals surface area contributed by atoms with Gasteiger partial charge in [0.05, 0.1) is 19.8 Å². The molecule has 0 amide bonds. The topological polar surface area (TPSA) is 58.1 Å². The van der Waals surface area contributed by atoms with Gasteiger partial charge in [0, 0.05) is 26.2 Å². The standard InChI is InChI=1S/C19H30F2N4O2.HI/c1-2-22-19(23-7-4-8-25-9-11-26-12-10-25)24-14-16-5-3-6-17(13-16)27-15-18(20)21;/h3,5-6,13,18H,2,4,7-12,14-15H2,1H3,(H2,22,23,24);1H. The number of aliphatic imine (C=N–C) groups is 1. The molecule has 9 heteroatoms. The lowest BCUT2D eigenvalue weighted by Gasteiger charge is -2.26. The second-order valence-electron chi connectivity index (χ2n) is 6.28. The molecule has 1 saturated heterocycles. The van der Waals surface area contributed by atoms with Gasteiger partial charge in [0.15, 0.2) is 5.96 Å². The average molecular weight is 512 g/mol. The zero-order valence-corrected chi connectivity index (χ0v) is 18.7. The van der Waals surface area contributed by atoms with Gasteiger partial charge in [-0.1, -0.05) is 12.1 Å². The Labute approximate surface area is 183 Å². The zero-order chi connectivity index (χ0) is 19.3. The first-order chi connectivity index (χ1) is 13.2. The number of nitrogens with one attached hydrogen (secondary N) is 2. The summed E-state index contributed by atoms with van der Waals surface area (Å²) >= 11 is 0. The number of rotatable bonds is 10. The lowest BCUT2D eigenvalue weighted by Crippen LogP contribution is -2.40. The third kappa shape index (κ3) is 10.4. The highest BCUT2D eigenvalue weighted by atomic mass is 127. The molecule has 6 nitrogen and oxygen atoms in total. The third-order valence-electron chi connectivity index (χ3n) is 4.09. The molecule has 1 heterocycles. The predicted octanol–water partition coefficient (Wildman–Crippen LogP) is 2.73. The number of hydrogen-bond donors (Lipinski definition) is 2. The van der Waals surface area contributed by atoms with Gasteiger partial charge in [-0.3, -0.25) is 4.90 Å². The van der Waals surface area contributed by atoms with Crippen LogP contribution in [0.1, 0.15) is 18.9 Å². The quantitative estimate of drug-likeness (QED) is 0.219. The number of alkyl halides is 2. The molecule has 0 atom stereocenters. The van der Waals surface area contributed by atoms with Crippen molar-refractivity contribution in [2.45, 2.75) is 26.3 Å². The number of hydrogen-bond acceptors (Lipinski definition) is 4. The van der Waals surface area contributed by atoms with Crippen LogP contribution in [0.15, 0.2) is 29.3 Å². The summed E-state index contributed by atoms with van der Waals surface area (Å²) in [6.07, 6.45) is -1.45. The van der Waals surface area contributed by atoms with E-state index in [1.54, 1.807) is 18.2 Å². The van der Waals surface area contributed by atoms with E-state index in [0.717, 1.165) is 63.9 Å². The highest BCUT2D eigenvalue weighted by molar-refractivity contribution is 14.0. The molecule has 2 N–H and O–H groups in total. The van der Waals surface area contributed by atoms with E-state index in [0.29, 0.717) is 12.3 Å². The van der Waals surface area contributed by atoms with Crippen molar-refractivity contribution in [3.63, 3.8) is 0 Å². The summed E-state index contributed by atoms with van der Waals surface area (Å²) in [6.45, 7) is 8.15. The van der Waals surface area contributed by atoms with Crippen molar-refractivity contribution in [3.05, 3.63) is 29.8 Å². The summed E-state index contributed by atoms with van der Waals surface area (Å²) in [7, 11) is 0. The fourth-order valence-electron chi connectivity index (χ4n) is 2.74. The zero-order valence-electron chi connectivity index (χ0n) is 16.3.